The second-order valence-corrected chi connectivity index (χ2v) is 7.17. The van der Waals surface area contributed by atoms with Gasteiger partial charge in [0.15, 0.2) is 0 Å². The Labute approximate surface area is 140 Å². The van der Waals surface area contributed by atoms with Gasteiger partial charge in [0.1, 0.15) is 5.60 Å². The van der Waals surface area contributed by atoms with Crippen molar-refractivity contribution in [2.24, 2.45) is 11.8 Å². The van der Waals surface area contributed by atoms with Gasteiger partial charge >= 0.3 is 11.9 Å². The molecule has 1 fully saturated rings. The molecular weight excluding hydrogens is 292 g/mol. The fraction of sp³-hybridized carbons (Fsp3) is 0.789. The predicted molar refractivity (Wildman–Crippen MR) is 91.2 cm³/mol. The van der Waals surface area contributed by atoms with Crippen LogP contribution in [-0.2, 0) is 14.3 Å². The van der Waals surface area contributed by atoms with Crippen molar-refractivity contribution in [3.63, 3.8) is 0 Å². The Morgan fingerprint density at radius 1 is 1.09 bits per heavy atom. The summed E-state index contributed by atoms with van der Waals surface area (Å²) in [4.78, 5) is 22.3. The molecule has 0 aliphatic heterocycles. The van der Waals surface area contributed by atoms with E-state index in [0.29, 0.717) is 5.92 Å². The second kappa shape index (κ2) is 9.74. The molecule has 1 rings (SSSR count). The predicted octanol–water partition coefficient (Wildman–Crippen LogP) is 4.73. The summed E-state index contributed by atoms with van der Waals surface area (Å²) in [7, 11) is 0. The van der Waals surface area contributed by atoms with Gasteiger partial charge in [0, 0.05) is 12.2 Å². The van der Waals surface area contributed by atoms with E-state index in [4.69, 9.17) is 9.84 Å². The normalized spacial score (nSPS) is 24.3. The zero-order valence-electron chi connectivity index (χ0n) is 14.8. The van der Waals surface area contributed by atoms with Crippen LogP contribution in [0.1, 0.15) is 78.6 Å². The molecule has 0 amide bonds. The second-order valence-electron chi connectivity index (χ2n) is 7.17. The van der Waals surface area contributed by atoms with E-state index in [9.17, 15) is 9.59 Å². The first-order valence-electron chi connectivity index (χ1n) is 9.02. The molecule has 1 N–H and O–H groups in total. The minimum absolute atomic E-state index is 0.489. The van der Waals surface area contributed by atoms with E-state index in [0.717, 1.165) is 37.3 Å². The van der Waals surface area contributed by atoms with Crippen LogP contribution in [0, 0.1) is 11.8 Å². The maximum atomic E-state index is 11.8. The first-order valence-corrected chi connectivity index (χ1v) is 9.02. The molecule has 1 aliphatic carbocycles. The molecule has 0 aromatic heterocycles. The van der Waals surface area contributed by atoms with Gasteiger partial charge in [0.25, 0.3) is 0 Å². The first-order chi connectivity index (χ1) is 10.9. The van der Waals surface area contributed by atoms with E-state index in [2.05, 4.69) is 13.8 Å². The van der Waals surface area contributed by atoms with Gasteiger partial charge in [-0.25, -0.2) is 9.59 Å². The number of hydrogen-bond acceptors (Lipinski definition) is 3. The Kier molecular flexibility index (Phi) is 8.35. The highest BCUT2D eigenvalue weighted by Crippen LogP contribution is 2.38. The molecule has 0 aromatic carbocycles. The Hall–Kier alpha value is -1.32. The summed E-state index contributed by atoms with van der Waals surface area (Å²) in [5.74, 6) is -0.206. The minimum Gasteiger partial charge on any atom is -0.478 e. The number of rotatable bonds is 9. The zero-order valence-corrected chi connectivity index (χ0v) is 14.8. The van der Waals surface area contributed by atoms with Gasteiger partial charge in [0.05, 0.1) is 0 Å². The third-order valence-electron chi connectivity index (χ3n) is 4.87. The van der Waals surface area contributed by atoms with Gasteiger partial charge in [-0.15, -0.1) is 0 Å². The van der Waals surface area contributed by atoms with Gasteiger partial charge in [-0.1, -0.05) is 58.8 Å². The van der Waals surface area contributed by atoms with E-state index in [1.165, 1.54) is 38.5 Å². The molecule has 1 atom stereocenters. The third kappa shape index (κ3) is 7.67. The number of carbonyl (C=O) groups excluding carboxylic acids is 1. The lowest BCUT2D eigenvalue weighted by Crippen LogP contribution is -2.34. The van der Waals surface area contributed by atoms with Crippen molar-refractivity contribution < 1.29 is 19.4 Å². The van der Waals surface area contributed by atoms with Gasteiger partial charge in [0.2, 0.25) is 0 Å². The van der Waals surface area contributed by atoms with Gasteiger partial charge < -0.3 is 9.84 Å². The largest absolute Gasteiger partial charge is 0.478 e. The van der Waals surface area contributed by atoms with E-state index in [1.807, 2.05) is 6.92 Å². The summed E-state index contributed by atoms with van der Waals surface area (Å²) < 4.78 is 5.62. The van der Waals surface area contributed by atoms with Crippen molar-refractivity contribution >= 4 is 11.9 Å². The highest BCUT2D eigenvalue weighted by molar-refractivity contribution is 5.90. The average molecular weight is 324 g/mol. The van der Waals surface area contributed by atoms with Crippen LogP contribution in [0.15, 0.2) is 12.2 Å². The molecule has 1 saturated carbocycles. The highest BCUT2D eigenvalue weighted by atomic mass is 16.6. The average Bonchev–Trinajstić information content (AvgIpc) is 2.47. The Balaban J connectivity index is 2.56. The van der Waals surface area contributed by atoms with Crippen LogP contribution >= 0.6 is 0 Å². The lowest BCUT2D eigenvalue weighted by atomic mass is 9.75. The molecule has 0 spiro atoms. The third-order valence-corrected chi connectivity index (χ3v) is 4.87. The number of hydrogen-bond donors (Lipinski definition) is 1. The van der Waals surface area contributed by atoms with E-state index in [-0.39, 0.29) is 0 Å². The molecule has 0 saturated heterocycles. The van der Waals surface area contributed by atoms with Crippen LogP contribution in [0.2, 0.25) is 0 Å². The number of aliphatic carboxylic acids is 1. The summed E-state index contributed by atoms with van der Waals surface area (Å²) in [5.41, 5.74) is -0.489. The Morgan fingerprint density at radius 2 is 1.70 bits per heavy atom. The van der Waals surface area contributed by atoms with Gasteiger partial charge in [-0.05, 0) is 31.6 Å². The molecule has 1 unspecified atom stereocenters. The van der Waals surface area contributed by atoms with Crippen LogP contribution in [0.25, 0.3) is 0 Å². The number of ether oxygens (including phenoxy) is 1. The fourth-order valence-corrected chi connectivity index (χ4v) is 3.88. The molecule has 0 radical (unpaired) electrons. The number of esters is 1. The van der Waals surface area contributed by atoms with Crippen molar-refractivity contribution in [3.05, 3.63) is 12.2 Å². The molecule has 23 heavy (non-hydrogen) atoms. The van der Waals surface area contributed by atoms with E-state index < -0.39 is 17.5 Å². The molecule has 132 valence electrons. The number of carboxylic acids is 1. The topological polar surface area (TPSA) is 63.6 Å². The summed E-state index contributed by atoms with van der Waals surface area (Å²) in [6, 6.07) is 0. The maximum absolute atomic E-state index is 11.8. The van der Waals surface area contributed by atoms with Crippen LogP contribution in [0.4, 0.5) is 0 Å². The zero-order chi connectivity index (χ0) is 17.3. The smallest absolute Gasteiger partial charge is 0.331 e. The fourth-order valence-electron chi connectivity index (χ4n) is 3.88. The first kappa shape index (κ1) is 19.7. The number of carboxylic acid groups (broad SMARTS) is 1. The summed E-state index contributed by atoms with van der Waals surface area (Å²) in [5, 5.41) is 8.60. The van der Waals surface area contributed by atoms with E-state index in [1.54, 1.807) is 0 Å². The van der Waals surface area contributed by atoms with Crippen LogP contribution in [-0.4, -0.2) is 22.6 Å². The molecule has 0 aromatic rings. The quantitative estimate of drug-likeness (QED) is 0.492. The SMILES string of the molecule is CCCC1CCC(CC(C)(CCC)OC(=O)/C=C/C(=O)O)CC1. The minimum atomic E-state index is -1.13. The van der Waals surface area contributed by atoms with Crippen molar-refractivity contribution in [1.29, 1.82) is 0 Å². The molecule has 0 heterocycles. The van der Waals surface area contributed by atoms with Gasteiger partial charge in [-0.3, -0.25) is 0 Å². The van der Waals surface area contributed by atoms with E-state index >= 15 is 0 Å². The van der Waals surface area contributed by atoms with Crippen molar-refractivity contribution in [2.75, 3.05) is 0 Å². The molecule has 1 aliphatic rings. The monoisotopic (exact) mass is 324 g/mol. The van der Waals surface area contributed by atoms with Crippen LogP contribution in [0.5, 0.6) is 0 Å². The van der Waals surface area contributed by atoms with Crippen LogP contribution < -0.4 is 0 Å². The summed E-state index contributed by atoms with van der Waals surface area (Å²) >= 11 is 0. The standard InChI is InChI=1S/C19H32O4/c1-4-6-15-7-9-16(10-8-15)14-19(3,13-5-2)23-18(22)12-11-17(20)21/h11-12,15-16H,4-10,13-14H2,1-3H3,(H,20,21)/b12-11+. The lowest BCUT2D eigenvalue weighted by Gasteiger charge is -2.36. The van der Waals surface area contributed by atoms with Gasteiger partial charge in [-0.2, -0.15) is 0 Å². The van der Waals surface area contributed by atoms with Crippen molar-refractivity contribution in [3.8, 4) is 0 Å². The highest BCUT2D eigenvalue weighted by Gasteiger charge is 2.32. The molecular formula is C19H32O4. The van der Waals surface area contributed by atoms with Crippen LogP contribution in [0.3, 0.4) is 0 Å². The summed E-state index contributed by atoms with van der Waals surface area (Å²) in [6.07, 6.45) is 12.1. The molecule has 4 nitrogen and oxygen atoms in total. The lowest BCUT2D eigenvalue weighted by molar-refractivity contribution is -0.155. The maximum Gasteiger partial charge on any atom is 0.331 e. The Morgan fingerprint density at radius 3 is 2.22 bits per heavy atom. The molecule has 4 heteroatoms. The summed E-state index contributed by atoms with van der Waals surface area (Å²) in [6.45, 7) is 6.31. The number of carbonyl (C=O) groups is 2. The Bertz CT molecular complexity index is 408. The van der Waals surface area contributed by atoms with Crippen molar-refractivity contribution in [2.45, 2.75) is 84.2 Å². The van der Waals surface area contributed by atoms with Crippen molar-refractivity contribution in [1.82, 2.24) is 0 Å². The molecule has 0 bridgehead atoms.